The van der Waals surface area contributed by atoms with Crippen molar-refractivity contribution in [3.05, 3.63) is 59.2 Å². The number of benzene rings is 2. The molecule has 0 aromatic heterocycles. The van der Waals surface area contributed by atoms with Gasteiger partial charge in [-0.05, 0) is 48.4 Å². The largest absolute Gasteiger partial charge is 0.508 e. The summed E-state index contributed by atoms with van der Waals surface area (Å²) in [6.07, 6.45) is 0.109. The molecule has 154 valence electrons. The Labute approximate surface area is 167 Å². The second kappa shape index (κ2) is 10.2. The average Bonchev–Trinajstić information content (AvgIpc) is 2.67. The van der Waals surface area contributed by atoms with Gasteiger partial charge < -0.3 is 31.7 Å². The highest BCUT2D eigenvalue weighted by Crippen LogP contribution is 2.19. The van der Waals surface area contributed by atoms with E-state index in [-0.39, 0.29) is 49.0 Å². The Morgan fingerprint density at radius 1 is 1.07 bits per heavy atom. The van der Waals surface area contributed by atoms with Crippen LogP contribution in [-0.4, -0.2) is 53.6 Å². The SMILES string of the molecule is NC(=O)c1ccc(C[C@H](N)C(=O)OCCNCC(=O)c2ccc(O)cc2)cc1O. The van der Waals surface area contributed by atoms with Gasteiger partial charge in [0.05, 0.1) is 12.1 Å². The molecule has 29 heavy (non-hydrogen) atoms. The third-order valence-electron chi connectivity index (χ3n) is 4.08. The van der Waals surface area contributed by atoms with Crippen LogP contribution in [0.3, 0.4) is 0 Å². The fraction of sp³-hybridized carbons (Fsp3) is 0.250. The molecule has 0 radical (unpaired) electrons. The molecule has 9 heteroatoms. The molecule has 0 aliphatic rings. The van der Waals surface area contributed by atoms with E-state index < -0.39 is 17.9 Å². The van der Waals surface area contributed by atoms with E-state index in [1.807, 2.05) is 0 Å². The second-order valence-corrected chi connectivity index (χ2v) is 6.34. The quantitative estimate of drug-likeness (QED) is 0.212. The van der Waals surface area contributed by atoms with Crippen LogP contribution in [0.5, 0.6) is 11.5 Å². The lowest BCUT2D eigenvalue weighted by atomic mass is 10.0. The summed E-state index contributed by atoms with van der Waals surface area (Å²) in [4.78, 5) is 35.0. The van der Waals surface area contributed by atoms with Gasteiger partial charge in [0.25, 0.3) is 5.91 Å². The molecule has 1 atom stereocenters. The number of nitrogens with one attached hydrogen (secondary N) is 1. The molecule has 1 amide bonds. The van der Waals surface area contributed by atoms with Gasteiger partial charge in [-0.1, -0.05) is 6.07 Å². The van der Waals surface area contributed by atoms with Gasteiger partial charge >= 0.3 is 5.97 Å². The molecule has 2 aromatic carbocycles. The highest BCUT2D eigenvalue weighted by Gasteiger charge is 2.17. The molecule has 0 aliphatic heterocycles. The minimum atomic E-state index is -0.951. The number of carbonyl (C=O) groups excluding carboxylic acids is 3. The number of phenolic OH excluding ortho intramolecular Hbond substituents is 1. The first-order valence-electron chi connectivity index (χ1n) is 8.84. The Hall–Kier alpha value is -3.43. The van der Waals surface area contributed by atoms with Crippen molar-refractivity contribution in [1.82, 2.24) is 5.32 Å². The van der Waals surface area contributed by atoms with Crippen LogP contribution < -0.4 is 16.8 Å². The van der Waals surface area contributed by atoms with E-state index >= 15 is 0 Å². The maximum atomic E-state index is 12.0. The van der Waals surface area contributed by atoms with Gasteiger partial charge in [-0.25, -0.2) is 0 Å². The Bertz CT molecular complexity index is 882. The molecular formula is C20H23N3O6. The van der Waals surface area contributed by atoms with Gasteiger partial charge in [0.1, 0.15) is 24.1 Å². The fourth-order valence-corrected chi connectivity index (χ4v) is 2.53. The van der Waals surface area contributed by atoms with Crippen molar-refractivity contribution in [1.29, 1.82) is 0 Å². The third kappa shape index (κ3) is 6.59. The lowest BCUT2D eigenvalue weighted by molar-refractivity contribution is -0.145. The van der Waals surface area contributed by atoms with Gasteiger partial charge in [0.2, 0.25) is 0 Å². The Kier molecular flexibility index (Phi) is 7.70. The molecule has 0 saturated heterocycles. The Balaban J connectivity index is 1.70. The van der Waals surface area contributed by atoms with Crippen molar-refractivity contribution >= 4 is 17.7 Å². The van der Waals surface area contributed by atoms with Crippen LogP contribution in [0, 0.1) is 0 Å². The number of Topliss-reactive ketones (excluding diaryl/α,β-unsaturated/α-hetero) is 1. The third-order valence-corrected chi connectivity index (χ3v) is 4.08. The normalized spacial score (nSPS) is 11.6. The number of carbonyl (C=O) groups is 3. The van der Waals surface area contributed by atoms with E-state index in [1.165, 1.54) is 36.4 Å². The van der Waals surface area contributed by atoms with Crippen molar-refractivity contribution in [3.63, 3.8) is 0 Å². The Morgan fingerprint density at radius 3 is 2.38 bits per heavy atom. The lowest BCUT2D eigenvalue weighted by Gasteiger charge is -2.12. The molecule has 0 heterocycles. The lowest BCUT2D eigenvalue weighted by Crippen LogP contribution is -2.36. The molecule has 2 rings (SSSR count). The monoisotopic (exact) mass is 401 g/mol. The fourth-order valence-electron chi connectivity index (χ4n) is 2.53. The molecule has 0 spiro atoms. The zero-order valence-corrected chi connectivity index (χ0v) is 15.6. The highest BCUT2D eigenvalue weighted by molar-refractivity contribution is 5.97. The topological polar surface area (TPSA) is 165 Å². The highest BCUT2D eigenvalue weighted by atomic mass is 16.5. The minimum absolute atomic E-state index is 0.0159. The zero-order valence-electron chi connectivity index (χ0n) is 15.6. The van der Waals surface area contributed by atoms with Gasteiger partial charge in [0.15, 0.2) is 5.78 Å². The van der Waals surface area contributed by atoms with Gasteiger partial charge in [-0.2, -0.15) is 0 Å². The zero-order chi connectivity index (χ0) is 21.4. The van der Waals surface area contributed by atoms with E-state index in [9.17, 15) is 24.6 Å². The van der Waals surface area contributed by atoms with Crippen LogP contribution in [0.1, 0.15) is 26.3 Å². The number of esters is 1. The molecule has 0 unspecified atom stereocenters. The number of nitrogens with two attached hydrogens (primary N) is 2. The smallest absolute Gasteiger partial charge is 0.323 e. The maximum Gasteiger partial charge on any atom is 0.323 e. The van der Waals surface area contributed by atoms with Gasteiger partial charge in [0, 0.05) is 12.1 Å². The molecule has 7 N–H and O–H groups in total. The first-order chi connectivity index (χ1) is 13.8. The van der Waals surface area contributed by atoms with E-state index in [1.54, 1.807) is 6.07 Å². The minimum Gasteiger partial charge on any atom is -0.508 e. The van der Waals surface area contributed by atoms with Crippen LogP contribution in [0.2, 0.25) is 0 Å². The van der Waals surface area contributed by atoms with Gasteiger partial charge in [-0.3, -0.25) is 14.4 Å². The molecular weight excluding hydrogens is 378 g/mol. The number of amides is 1. The number of aromatic hydroxyl groups is 2. The van der Waals surface area contributed by atoms with E-state index in [4.69, 9.17) is 16.2 Å². The summed E-state index contributed by atoms with van der Waals surface area (Å²) in [7, 11) is 0. The van der Waals surface area contributed by atoms with E-state index in [2.05, 4.69) is 5.32 Å². The van der Waals surface area contributed by atoms with Crippen LogP contribution in [0.4, 0.5) is 0 Å². The van der Waals surface area contributed by atoms with Crippen molar-refractivity contribution in [3.8, 4) is 11.5 Å². The maximum absolute atomic E-state index is 12.0. The van der Waals surface area contributed by atoms with E-state index in [0.717, 1.165) is 0 Å². The first-order valence-corrected chi connectivity index (χ1v) is 8.84. The van der Waals surface area contributed by atoms with Crippen LogP contribution in [0.15, 0.2) is 42.5 Å². The predicted octanol–water partition coefficient (Wildman–Crippen LogP) is 0.0822. The van der Waals surface area contributed by atoms with Crippen molar-refractivity contribution in [2.45, 2.75) is 12.5 Å². The summed E-state index contributed by atoms with van der Waals surface area (Å²) in [5, 5.41) is 21.8. The number of hydrogen-bond donors (Lipinski definition) is 5. The summed E-state index contributed by atoms with van der Waals surface area (Å²) >= 11 is 0. The summed E-state index contributed by atoms with van der Waals surface area (Å²) < 4.78 is 5.06. The van der Waals surface area contributed by atoms with Crippen LogP contribution in [-0.2, 0) is 16.0 Å². The van der Waals surface area contributed by atoms with Gasteiger partial charge in [-0.15, -0.1) is 0 Å². The summed E-state index contributed by atoms with van der Waals surface area (Å²) in [5.74, 6) is -1.74. The average molecular weight is 401 g/mol. The number of ether oxygens (including phenoxy) is 1. The molecule has 0 saturated carbocycles. The standard InChI is InChI=1S/C20H23N3O6/c21-16(9-12-1-6-15(19(22)27)17(25)10-12)20(28)29-8-7-23-11-18(26)13-2-4-14(24)5-3-13/h1-6,10,16,23-25H,7-9,11,21H2,(H2,22,27)/t16-/m0/s1. The molecule has 9 nitrogen and oxygen atoms in total. The number of rotatable bonds is 10. The molecule has 0 bridgehead atoms. The van der Waals surface area contributed by atoms with Crippen LogP contribution >= 0.6 is 0 Å². The number of primary amides is 1. The van der Waals surface area contributed by atoms with Crippen LogP contribution in [0.25, 0.3) is 0 Å². The predicted molar refractivity (Wildman–Crippen MR) is 105 cm³/mol. The first kappa shape index (κ1) is 21.9. The second-order valence-electron chi connectivity index (χ2n) is 6.34. The van der Waals surface area contributed by atoms with Crippen molar-refractivity contribution < 1.29 is 29.3 Å². The molecule has 0 fully saturated rings. The number of ketones is 1. The molecule has 0 aliphatic carbocycles. The number of phenols is 2. The summed E-state index contributed by atoms with van der Waals surface area (Å²) in [5.41, 5.74) is 11.9. The summed E-state index contributed by atoms with van der Waals surface area (Å²) in [6.45, 7) is 0.345. The Morgan fingerprint density at radius 2 is 1.76 bits per heavy atom. The van der Waals surface area contributed by atoms with E-state index in [0.29, 0.717) is 11.1 Å². The summed E-state index contributed by atoms with van der Waals surface area (Å²) in [6, 6.07) is 9.17. The molecule has 2 aromatic rings. The van der Waals surface area contributed by atoms with Crippen molar-refractivity contribution in [2.24, 2.45) is 11.5 Å². The number of hydrogen-bond acceptors (Lipinski definition) is 8. The van der Waals surface area contributed by atoms with Crippen molar-refractivity contribution in [2.75, 3.05) is 19.7 Å².